The van der Waals surface area contributed by atoms with E-state index in [2.05, 4.69) is 53.7 Å². The molecule has 0 spiro atoms. The SMILES string of the molecule is CCC(C)N(C)CCNC(=O)c1ccc(I)c(Cl)c1. The molecule has 1 N–H and O–H groups in total. The largest absolute Gasteiger partial charge is 0.351 e. The number of carbonyl (C=O) groups is 1. The summed E-state index contributed by atoms with van der Waals surface area (Å²) in [4.78, 5) is 14.2. The van der Waals surface area contributed by atoms with Gasteiger partial charge in [-0.15, -0.1) is 0 Å². The van der Waals surface area contributed by atoms with E-state index < -0.39 is 0 Å². The molecule has 0 saturated heterocycles. The van der Waals surface area contributed by atoms with Crippen molar-refractivity contribution in [1.29, 1.82) is 0 Å². The summed E-state index contributed by atoms with van der Waals surface area (Å²) < 4.78 is 0.951. The monoisotopic (exact) mass is 394 g/mol. The topological polar surface area (TPSA) is 32.3 Å². The lowest BCUT2D eigenvalue weighted by atomic mass is 10.2. The van der Waals surface area contributed by atoms with Crippen molar-refractivity contribution in [2.45, 2.75) is 26.3 Å². The van der Waals surface area contributed by atoms with Gasteiger partial charge >= 0.3 is 0 Å². The standard InChI is InChI=1S/C14H20ClIN2O/c1-4-10(2)18(3)8-7-17-14(19)11-5-6-13(16)12(15)9-11/h5-6,9-10H,4,7-8H2,1-3H3,(H,17,19). The molecule has 0 heterocycles. The Morgan fingerprint density at radius 1 is 1.53 bits per heavy atom. The van der Waals surface area contributed by atoms with E-state index in [0.29, 0.717) is 23.2 Å². The van der Waals surface area contributed by atoms with Crippen LogP contribution in [0.1, 0.15) is 30.6 Å². The molecule has 1 aromatic carbocycles. The second kappa shape index (κ2) is 8.07. The number of nitrogens with one attached hydrogen (secondary N) is 1. The van der Waals surface area contributed by atoms with E-state index in [1.54, 1.807) is 12.1 Å². The third-order valence-electron chi connectivity index (χ3n) is 3.28. The van der Waals surface area contributed by atoms with E-state index >= 15 is 0 Å². The molecule has 0 fully saturated rings. The highest BCUT2D eigenvalue weighted by molar-refractivity contribution is 14.1. The van der Waals surface area contributed by atoms with Gasteiger partial charge in [0.05, 0.1) is 5.02 Å². The predicted octanol–water partition coefficient (Wildman–Crippen LogP) is 3.40. The molecule has 1 rings (SSSR count). The van der Waals surface area contributed by atoms with Gasteiger partial charge in [0.2, 0.25) is 0 Å². The summed E-state index contributed by atoms with van der Waals surface area (Å²) >= 11 is 8.15. The van der Waals surface area contributed by atoms with Crippen molar-refractivity contribution in [2.75, 3.05) is 20.1 Å². The number of hydrogen-bond donors (Lipinski definition) is 1. The maximum atomic E-state index is 11.9. The molecule has 0 radical (unpaired) electrons. The van der Waals surface area contributed by atoms with Gasteiger partial charge in [-0.3, -0.25) is 4.79 Å². The van der Waals surface area contributed by atoms with Crippen molar-refractivity contribution >= 4 is 40.1 Å². The molecule has 5 heteroatoms. The van der Waals surface area contributed by atoms with E-state index in [9.17, 15) is 4.79 Å². The van der Waals surface area contributed by atoms with E-state index in [4.69, 9.17) is 11.6 Å². The minimum atomic E-state index is -0.0733. The van der Waals surface area contributed by atoms with Gasteiger partial charge in [-0.2, -0.15) is 0 Å². The zero-order valence-electron chi connectivity index (χ0n) is 11.5. The highest BCUT2D eigenvalue weighted by atomic mass is 127. The van der Waals surface area contributed by atoms with Gasteiger partial charge in [0.25, 0.3) is 5.91 Å². The maximum absolute atomic E-state index is 11.9. The number of amides is 1. The zero-order chi connectivity index (χ0) is 14.4. The van der Waals surface area contributed by atoms with E-state index in [-0.39, 0.29) is 5.91 Å². The second-order valence-electron chi connectivity index (χ2n) is 4.62. The van der Waals surface area contributed by atoms with Crippen LogP contribution in [0.3, 0.4) is 0 Å². The van der Waals surface area contributed by atoms with Crippen LogP contribution in [-0.4, -0.2) is 37.0 Å². The van der Waals surface area contributed by atoms with Crippen LogP contribution >= 0.6 is 34.2 Å². The summed E-state index contributed by atoms with van der Waals surface area (Å²) in [5.41, 5.74) is 0.608. The number of likely N-dealkylation sites (N-methyl/N-ethyl adjacent to an activating group) is 1. The van der Waals surface area contributed by atoms with Crippen LogP contribution in [-0.2, 0) is 0 Å². The first-order valence-corrected chi connectivity index (χ1v) is 7.84. The van der Waals surface area contributed by atoms with Gasteiger partial charge in [0, 0.05) is 28.3 Å². The molecule has 1 amide bonds. The molecule has 19 heavy (non-hydrogen) atoms. The van der Waals surface area contributed by atoms with Crippen molar-refractivity contribution in [3.8, 4) is 0 Å². The molecule has 3 nitrogen and oxygen atoms in total. The normalized spacial score (nSPS) is 12.5. The number of nitrogens with zero attached hydrogens (tertiary/aromatic N) is 1. The molecule has 0 aliphatic rings. The van der Waals surface area contributed by atoms with Gasteiger partial charge < -0.3 is 10.2 Å². The molecule has 0 aliphatic carbocycles. The van der Waals surface area contributed by atoms with Gasteiger partial charge in [-0.05, 0) is 61.2 Å². The first-order valence-electron chi connectivity index (χ1n) is 6.39. The molecule has 0 saturated carbocycles. The minimum Gasteiger partial charge on any atom is -0.351 e. The average molecular weight is 395 g/mol. The number of carbonyl (C=O) groups excluding carboxylic acids is 1. The molecular weight excluding hydrogens is 375 g/mol. The van der Waals surface area contributed by atoms with Crippen LogP contribution in [0.4, 0.5) is 0 Å². The number of benzene rings is 1. The van der Waals surface area contributed by atoms with Gasteiger partial charge in [0.1, 0.15) is 0 Å². The summed E-state index contributed by atoms with van der Waals surface area (Å²) in [6.07, 6.45) is 1.11. The first kappa shape index (κ1) is 16.7. The minimum absolute atomic E-state index is 0.0733. The zero-order valence-corrected chi connectivity index (χ0v) is 14.5. The van der Waals surface area contributed by atoms with Crippen LogP contribution in [0, 0.1) is 3.57 Å². The Balaban J connectivity index is 2.45. The van der Waals surface area contributed by atoms with Crippen molar-refractivity contribution in [1.82, 2.24) is 10.2 Å². The van der Waals surface area contributed by atoms with E-state index in [1.165, 1.54) is 0 Å². The Labute approximate surface area is 133 Å². The molecular formula is C14H20ClIN2O. The van der Waals surface area contributed by atoms with E-state index in [0.717, 1.165) is 16.5 Å². The predicted molar refractivity (Wildman–Crippen MR) is 88.9 cm³/mol. The average Bonchev–Trinajstić information content (AvgIpc) is 2.40. The Morgan fingerprint density at radius 2 is 2.21 bits per heavy atom. The van der Waals surface area contributed by atoms with Gasteiger partial charge in [0.15, 0.2) is 0 Å². The number of hydrogen-bond acceptors (Lipinski definition) is 2. The fraction of sp³-hybridized carbons (Fsp3) is 0.500. The molecule has 0 aliphatic heterocycles. The van der Waals surface area contributed by atoms with Crippen LogP contribution in [0.2, 0.25) is 5.02 Å². The summed E-state index contributed by atoms with van der Waals surface area (Å²) in [6.45, 7) is 5.83. The lowest BCUT2D eigenvalue weighted by Crippen LogP contribution is -2.37. The summed E-state index contributed by atoms with van der Waals surface area (Å²) in [5.74, 6) is -0.0733. The highest BCUT2D eigenvalue weighted by Gasteiger charge is 2.09. The Hall–Kier alpha value is -0.330. The van der Waals surface area contributed by atoms with E-state index in [1.807, 2.05) is 6.07 Å². The lowest BCUT2D eigenvalue weighted by molar-refractivity contribution is 0.0947. The Morgan fingerprint density at radius 3 is 2.79 bits per heavy atom. The third kappa shape index (κ3) is 5.28. The first-order chi connectivity index (χ1) is 8.95. The van der Waals surface area contributed by atoms with Crippen molar-refractivity contribution in [3.63, 3.8) is 0 Å². The van der Waals surface area contributed by atoms with Gasteiger partial charge in [-0.25, -0.2) is 0 Å². The number of halogens is 2. The fourth-order valence-corrected chi connectivity index (χ4v) is 2.13. The Kier molecular flexibility index (Phi) is 7.10. The van der Waals surface area contributed by atoms with Crippen LogP contribution in [0.5, 0.6) is 0 Å². The van der Waals surface area contributed by atoms with Crippen LogP contribution in [0.15, 0.2) is 18.2 Å². The van der Waals surface area contributed by atoms with Crippen LogP contribution < -0.4 is 5.32 Å². The second-order valence-corrected chi connectivity index (χ2v) is 6.19. The molecule has 1 aromatic rings. The number of rotatable bonds is 6. The van der Waals surface area contributed by atoms with Crippen molar-refractivity contribution < 1.29 is 4.79 Å². The summed E-state index contributed by atoms with van der Waals surface area (Å²) in [6, 6.07) is 5.88. The quantitative estimate of drug-likeness (QED) is 0.750. The summed E-state index contributed by atoms with van der Waals surface area (Å²) in [5, 5.41) is 3.53. The molecule has 1 atom stereocenters. The molecule has 0 bridgehead atoms. The van der Waals surface area contributed by atoms with Crippen molar-refractivity contribution in [3.05, 3.63) is 32.4 Å². The summed E-state index contributed by atoms with van der Waals surface area (Å²) in [7, 11) is 2.07. The third-order valence-corrected chi connectivity index (χ3v) is 4.85. The molecule has 1 unspecified atom stereocenters. The molecule has 106 valence electrons. The Bertz CT molecular complexity index is 439. The van der Waals surface area contributed by atoms with Gasteiger partial charge in [-0.1, -0.05) is 18.5 Å². The highest BCUT2D eigenvalue weighted by Crippen LogP contribution is 2.19. The molecule has 0 aromatic heterocycles. The maximum Gasteiger partial charge on any atom is 0.251 e. The lowest BCUT2D eigenvalue weighted by Gasteiger charge is -2.23. The van der Waals surface area contributed by atoms with Crippen LogP contribution in [0.25, 0.3) is 0 Å². The smallest absolute Gasteiger partial charge is 0.251 e. The van der Waals surface area contributed by atoms with Crippen molar-refractivity contribution in [2.24, 2.45) is 0 Å². The fourth-order valence-electron chi connectivity index (χ4n) is 1.62.